The van der Waals surface area contributed by atoms with Gasteiger partial charge in [0.25, 0.3) is 0 Å². The maximum Gasteiger partial charge on any atom is 0.172 e. The maximum absolute atomic E-state index is 10.8. The van der Waals surface area contributed by atoms with Crippen LogP contribution >= 0.6 is 0 Å². The minimum absolute atomic E-state index is 0.210. The van der Waals surface area contributed by atoms with Crippen LogP contribution in [-0.2, 0) is 0 Å². The topological polar surface area (TPSA) is 55.9 Å². The van der Waals surface area contributed by atoms with Crippen molar-refractivity contribution in [3.05, 3.63) is 112 Å². The fraction of sp³-hybridized carbons (Fsp3) is 0.226. The highest BCUT2D eigenvalue weighted by molar-refractivity contribution is 5.69. The van der Waals surface area contributed by atoms with Crippen LogP contribution in [0.5, 0.6) is 5.75 Å². The zero-order valence-electron chi connectivity index (χ0n) is 21.7. The molecular formula is C31H32N4O. The molecule has 0 atom stereocenters. The first kappa shape index (κ1) is 23.6. The Balaban J connectivity index is 1.64. The van der Waals surface area contributed by atoms with Gasteiger partial charge in [-0.25, -0.2) is 9.36 Å². The van der Waals surface area contributed by atoms with Crippen molar-refractivity contribution < 1.29 is 5.11 Å². The van der Waals surface area contributed by atoms with Crippen molar-refractivity contribution in [2.75, 3.05) is 0 Å². The van der Waals surface area contributed by atoms with Crippen molar-refractivity contribution in [1.29, 1.82) is 0 Å². The first-order chi connectivity index (χ1) is 17.2. The van der Waals surface area contributed by atoms with Gasteiger partial charge in [-0.1, -0.05) is 53.6 Å². The first-order valence-corrected chi connectivity index (χ1v) is 12.3. The molecule has 3 aromatic carbocycles. The Morgan fingerprint density at radius 3 is 1.44 bits per heavy atom. The Labute approximate surface area is 212 Å². The van der Waals surface area contributed by atoms with E-state index < -0.39 is 6.17 Å². The normalized spacial score (nSPS) is 11.4. The zero-order valence-corrected chi connectivity index (χ0v) is 21.7. The fourth-order valence-corrected chi connectivity index (χ4v) is 5.50. The molecule has 0 aliphatic carbocycles. The van der Waals surface area contributed by atoms with Gasteiger partial charge in [0.1, 0.15) is 5.75 Å². The van der Waals surface area contributed by atoms with E-state index in [2.05, 4.69) is 65.8 Å². The largest absolute Gasteiger partial charge is 0.508 e. The summed E-state index contributed by atoms with van der Waals surface area (Å²) in [6, 6.07) is 20.2. The lowest BCUT2D eigenvalue weighted by atomic mass is 9.98. The summed E-state index contributed by atoms with van der Waals surface area (Å²) >= 11 is 0. The molecule has 0 saturated heterocycles. The molecule has 36 heavy (non-hydrogen) atoms. The standard InChI is InChI=1S/C31H32N4O/c1-19-15-21(3)29(22(4)16-19)26-11-13-34(32-26)31(25-9-7-8-10-28(25)36)35-14-12-27(33-35)30-23(5)17-20(2)18-24(30)6/h7-18,31,36H,1-6H3. The van der Waals surface area contributed by atoms with Gasteiger partial charge < -0.3 is 5.11 Å². The highest BCUT2D eigenvalue weighted by atomic mass is 16.3. The molecule has 0 saturated carbocycles. The third-order valence-corrected chi connectivity index (χ3v) is 6.80. The average Bonchev–Trinajstić information content (AvgIpc) is 3.45. The zero-order chi connectivity index (χ0) is 25.6. The van der Waals surface area contributed by atoms with Crippen molar-refractivity contribution in [1.82, 2.24) is 19.6 Å². The smallest absolute Gasteiger partial charge is 0.172 e. The number of phenolic OH excluding ortho intramolecular Hbond substituents is 1. The minimum atomic E-state index is -0.439. The average molecular weight is 477 g/mol. The van der Waals surface area contributed by atoms with Crippen LogP contribution < -0.4 is 0 Å². The predicted octanol–water partition coefficient (Wildman–Crippen LogP) is 7.06. The van der Waals surface area contributed by atoms with E-state index in [9.17, 15) is 5.11 Å². The number of benzene rings is 3. The maximum atomic E-state index is 10.8. The number of hydrogen-bond acceptors (Lipinski definition) is 3. The molecule has 2 heterocycles. The SMILES string of the molecule is Cc1cc(C)c(-c2ccn(C(c3ccccc3O)n3ccc(-c4c(C)cc(C)cc4C)n3)n2)c(C)c1. The molecule has 0 amide bonds. The fourth-order valence-electron chi connectivity index (χ4n) is 5.50. The second-order valence-corrected chi connectivity index (χ2v) is 9.84. The van der Waals surface area contributed by atoms with E-state index in [1.165, 1.54) is 33.4 Å². The van der Waals surface area contributed by atoms with Gasteiger partial charge in [0.15, 0.2) is 6.17 Å². The van der Waals surface area contributed by atoms with Gasteiger partial charge in [0, 0.05) is 29.1 Å². The minimum Gasteiger partial charge on any atom is -0.508 e. The van der Waals surface area contributed by atoms with Crippen molar-refractivity contribution >= 4 is 0 Å². The van der Waals surface area contributed by atoms with E-state index in [-0.39, 0.29) is 5.75 Å². The molecule has 5 aromatic rings. The summed E-state index contributed by atoms with van der Waals surface area (Å²) in [5, 5.41) is 20.8. The number of aromatic nitrogens is 4. The van der Waals surface area contributed by atoms with Crippen LogP contribution in [0, 0.1) is 41.5 Å². The third-order valence-electron chi connectivity index (χ3n) is 6.80. The molecule has 1 N–H and O–H groups in total. The molecule has 0 fully saturated rings. The lowest BCUT2D eigenvalue weighted by Gasteiger charge is -2.20. The van der Waals surface area contributed by atoms with Crippen LogP contribution in [0.1, 0.15) is 45.1 Å². The number of phenols is 1. The second-order valence-electron chi connectivity index (χ2n) is 9.84. The van der Waals surface area contributed by atoms with Crippen molar-refractivity contribution in [3.63, 3.8) is 0 Å². The molecule has 5 rings (SSSR count). The Kier molecular flexibility index (Phi) is 6.00. The van der Waals surface area contributed by atoms with E-state index in [0.717, 1.165) is 28.1 Å². The summed E-state index contributed by atoms with van der Waals surface area (Å²) in [4.78, 5) is 0. The van der Waals surface area contributed by atoms with E-state index in [4.69, 9.17) is 10.2 Å². The molecule has 0 spiro atoms. The van der Waals surface area contributed by atoms with Crippen LogP contribution in [0.3, 0.4) is 0 Å². The second kappa shape index (κ2) is 9.15. The molecular weight excluding hydrogens is 444 g/mol. The van der Waals surface area contributed by atoms with Gasteiger partial charge in [-0.15, -0.1) is 0 Å². The summed E-state index contributed by atoms with van der Waals surface area (Å²) in [6.07, 6.45) is 3.50. The summed E-state index contributed by atoms with van der Waals surface area (Å²) in [5.41, 5.74) is 12.1. The van der Waals surface area contributed by atoms with Crippen molar-refractivity contribution in [2.45, 2.75) is 47.7 Å². The van der Waals surface area contributed by atoms with Crippen LogP contribution in [0.4, 0.5) is 0 Å². The van der Waals surface area contributed by atoms with E-state index >= 15 is 0 Å². The Hall–Kier alpha value is -4.12. The predicted molar refractivity (Wildman–Crippen MR) is 145 cm³/mol. The Morgan fingerprint density at radius 2 is 1.03 bits per heavy atom. The molecule has 0 bridgehead atoms. The van der Waals surface area contributed by atoms with Crippen molar-refractivity contribution in [3.8, 4) is 28.3 Å². The van der Waals surface area contributed by atoms with Gasteiger partial charge >= 0.3 is 0 Å². The van der Waals surface area contributed by atoms with Crippen LogP contribution in [0.25, 0.3) is 22.5 Å². The molecule has 5 nitrogen and oxygen atoms in total. The van der Waals surface area contributed by atoms with Gasteiger partial charge in [0.2, 0.25) is 0 Å². The number of hydrogen-bond donors (Lipinski definition) is 1. The van der Waals surface area contributed by atoms with E-state index in [0.29, 0.717) is 0 Å². The Morgan fingerprint density at radius 1 is 0.611 bits per heavy atom. The third kappa shape index (κ3) is 4.22. The molecule has 5 heteroatoms. The molecule has 0 aliphatic heterocycles. The molecule has 0 unspecified atom stereocenters. The van der Waals surface area contributed by atoms with Crippen LogP contribution in [-0.4, -0.2) is 24.7 Å². The summed E-state index contributed by atoms with van der Waals surface area (Å²) < 4.78 is 3.77. The molecule has 182 valence electrons. The lowest BCUT2D eigenvalue weighted by Crippen LogP contribution is -2.21. The summed E-state index contributed by atoms with van der Waals surface area (Å²) in [5.74, 6) is 0.210. The highest BCUT2D eigenvalue weighted by Gasteiger charge is 2.23. The lowest BCUT2D eigenvalue weighted by molar-refractivity contribution is 0.392. The van der Waals surface area contributed by atoms with E-state index in [1.54, 1.807) is 6.07 Å². The van der Waals surface area contributed by atoms with Gasteiger partial charge in [-0.2, -0.15) is 10.2 Å². The summed E-state index contributed by atoms with van der Waals surface area (Å²) in [7, 11) is 0. The Bertz CT molecular complexity index is 1430. The van der Waals surface area contributed by atoms with Crippen molar-refractivity contribution in [2.24, 2.45) is 0 Å². The highest BCUT2D eigenvalue weighted by Crippen LogP contribution is 2.33. The molecule has 0 aliphatic rings. The van der Waals surface area contributed by atoms with Crippen LogP contribution in [0.2, 0.25) is 0 Å². The number of nitrogens with zero attached hydrogens (tertiary/aromatic N) is 4. The van der Waals surface area contributed by atoms with Gasteiger partial charge in [-0.3, -0.25) is 0 Å². The number of para-hydroxylation sites is 1. The molecule has 0 radical (unpaired) electrons. The van der Waals surface area contributed by atoms with Gasteiger partial charge in [0.05, 0.1) is 11.4 Å². The monoisotopic (exact) mass is 476 g/mol. The van der Waals surface area contributed by atoms with Gasteiger partial charge in [-0.05, 0) is 82.0 Å². The number of rotatable bonds is 5. The van der Waals surface area contributed by atoms with E-state index in [1.807, 2.05) is 52.1 Å². The number of aryl methyl sites for hydroxylation is 6. The van der Waals surface area contributed by atoms with Crippen LogP contribution in [0.15, 0.2) is 73.1 Å². The first-order valence-electron chi connectivity index (χ1n) is 12.3. The number of aromatic hydroxyl groups is 1. The molecule has 2 aromatic heterocycles. The quantitative estimate of drug-likeness (QED) is 0.295. The summed E-state index contributed by atoms with van der Waals surface area (Å²) in [6.45, 7) is 12.7.